The maximum atomic E-state index is 11.7. The minimum Gasteiger partial charge on any atom is -0.393 e. The monoisotopic (exact) mass is 301 g/mol. The molecule has 0 fully saturated rings. The van der Waals surface area contributed by atoms with Crippen LogP contribution in [-0.4, -0.2) is 21.9 Å². The third kappa shape index (κ3) is 4.24. The number of hydrogen-bond donors (Lipinski definition) is 2. The van der Waals surface area contributed by atoms with Crippen molar-refractivity contribution in [3.05, 3.63) is 28.5 Å². The van der Waals surface area contributed by atoms with Gasteiger partial charge in [0.15, 0.2) is 0 Å². The van der Waals surface area contributed by atoms with Crippen molar-refractivity contribution in [2.75, 3.05) is 0 Å². The van der Waals surface area contributed by atoms with Gasteiger partial charge in [0.1, 0.15) is 5.69 Å². The third-order valence-corrected chi connectivity index (χ3v) is 2.48. The topological polar surface area (TPSA) is 68.0 Å². The van der Waals surface area contributed by atoms with Crippen molar-refractivity contribution in [1.82, 2.24) is 10.3 Å². The van der Waals surface area contributed by atoms with Gasteiger partial charge in [0, 0.05) is 23.1 Å². The van der Waals surface area contributed by atoms with E-state index in [1.807, 2.05) is 6.92 Å². The minimum atomic E-state index is -0.226. The van der Waals surface area contributed by atoms with E-state index in [9.17, 15) is 4.79 Å². The van der Waals surface area contributed by atoms with Crippen molar-refractivity contribution in [3.8, 4) is 0 Å². The predicted molar refractivity (Wildman–Crippen MR) is 70.3 cm³/mol. The zero-order chi connectivity index (χ0) is 12.1. The number of carbonyl (C=O) groups excluding carboxylic acids is 1. The smallest absolute Gasteiger partial charge is 0.270 e. The molecule has 0 saturated carbocycles. The SMILES string of the molecule is CC(CC(N)=S)NC(=O)c1ccc(Br)cn1. The second kappa shape index (κ2) is 5.91. The summed E-state index contributed by atoms with van der Waals surface area (Å²) in [6.07, 6.45) is 2.06. The number of thiocarbonyl (C=S) groups is 1. The molecule has 6 heteroatoms. The molecule has 0 saturated heterocycles. The Morgan fingerprint density at radius 2 is 2.38 bits per heavy atom. The van der Waals surface area contributed by atoms with Crippen LogP contribution in [0.3, 0.4) is 0 Å². The molecular weight excluding hydrogens is 290 g/mol. The minimum absolute atomic E-state index is 0.0875. The molecule has 0 aliphatic carbocycles. The van der Waals surface area contributed by atoms with Gasteiger partial charge in [-0.1, -0.05) is 12.2 Å². The summed E-state index contributed by atoms with van der Waals surface area (Å²) in [5.41, 5.74) is 5.76. The Labute approximate surface area is 108 Å². The maximum absolute atomic E-state index is 11.7. The Morgan fingerprint density at radius 1 is 1.69 bits per heavy atom. The zero-order valence-corrected chi connectivity index (χ0v) is 11.1. The first-order valence-corrected chi connectivity index (χ1v) is 5.90. The van der Waals surface area contributed by atoms with Crippen LogP contribution in [0.25, 0.3) is 0 Å². The first kappa shape index (κ1) is 13.1. The van der Waals surface area contributed by atoms with E-state index in [2.05, 4.69) is 26.2 Å². The summed E-state index contributed by atoms with van der Waals surface area (Å²) in [7, 11) is 0. The normalized spacial score (nSPS) is 11.9. The summed E-state index contributed by atoms with van der Waals surface area (Å²) in [4.78, 5) is 16.0. The van der Waals surface area contributed by atoms with Gasteiger partial charge in [-0.05, 0) is 35.0 Å². The van der Waals surface area contributed by atoms with Gasteiger partial charge in [0.05, 0.1) is 4.99 Å². The number of amides is 1. The number of nitrogens with zero attached hydrogens (tertiary/aromatic N) is 1. The Bertz CT molecular complexity index is 394. The summed E-state index contributed by atoms with van der Waals surface area (Å²) in [5, 5.41) is 2.76. The second-order valence-corrected chi connectivity index (χ2v) is 4.85. The number of nitrogens with one attached hydrogen (secondary N) is 1. The van der Waals surface area contributed by atoms with Gasteiger partial charge in [-0.2, -0.15) is 0 Å². The molecule has 16 heavy (non-hydrogen) atoms. The van der Waals surface area contributed by atoms with Gasteiger partial charge >= 0.3 is 0 Å². The third-order valence-electron chi connectivity index (χ3n) is 1.84. The molecule has 1 aromatic rings. The van der Waals surface area contributed by atoms with Gasteiger partial charge in [-0.15, -0.1) is 0 Å². The number of nitrogens with two attached hydrogens (primary N) is 1. The van der Waals surface area contributed by atoms with Gasteiger partial charge in [0.2, 0.25) is 0 Å². The highest BCUT2D eigenvalue weighted by atomic mass is 79.9. The van der Waals surface area contributed by atoms with Crippen LogP contribution in [0.5, 0.6) is 0 Å². The van der Waals surface area contributed by atoms with Crippen LogP contribution >= 0.6 is 28.1 Å². The summed E-state index contributed by atoms with van der Waals surface area (Å²) in [5.74, 6) is -0.226. The molecule has 1 aromatic heterocycles. The van der Waals surface area contributed by atoms with E-state index in [4.69, 9.17) is 18.0 Å². The van der Waals surface area contributed by atoms with Gasteiger partial charge in [0.25, 0.3) is 5.91 Å². The highest BCUT2D eigenvalue weighted by molar-refractivity contribution is 9.10. The van der Waals surface area contributed by atoms with E-state index in [1.54, 1.807) is 18.3 Å². The van der Waals surface area contributed by atoms with Gasteiger partial charge < -0.3 is 11.1 Å². The van der Waals surface area contributed by atoms with Crippen molar-refractivity contribution in [3.63, 3.8) is 0 Å². The maximum Gasteiger partial charge on any atom is 0.270 e. The lowest BCUT2D eigenvalue weighted by Gasteiger charge is -2.12. The number of halogens is 1. The Balaban J connectivity index is 2.58. The van der Waals surface area contributed by atoms with Crippen molar-refractivity contribution >= 4 is 39.0 Å². The molecule has 86 valence electrons. The number of rotatable bonds is 4. The van der Waals surface area contributed by atoms with Crippen LogP contribution in [0.1, 0.15) is 23.8 Å². The summed E-state index contributed by atoms with van der Waals surface area (Å²) in [6, 6.07) is 3.32. The molecule has 1 amide bonds. The molecule has 0 aliphatic rings. The van der Waals surface area contributed by atoms with Crippen LogP contribution in [-0.2, 0) is 0 Å². The van der Waals surface area contributed by atoms with Crippen molar-refractivity contribution in [2.24, 2.45) is 5.73 Å². The molecule has 1 atom stereocenters. The fourth-order valence-corrected chi connectivity index (χ4v) is 1.65. The van der Waals surface area contributed by atoms with Crippen molar-refractivity contribution in [2.45, 2.75) is 19.4 Å². The average Bonchev–Trinajstić information content (AvgIpc) is 2.16. The molecule has 0 spiro atoms. The van der Waals surface area contributed by atoms with E-state index in [0.717, 1.165) is 4.47 Å². The van der Waals surface area contributed by atoms with Crippen LogP contribution in [0.2, 0.25) is 0 Å². The predicted octanol–water partition coefficient (Wildman–Crippen LogP) is 1.64. The lowest BCUT2D eigenvalue weighted by molar-refractivity contribution is 0.0936. The fourth-order valence-electron chi connectivity index (χ4n) is 1.16. The Hall–Kier alpha value is -1.01. The number of pyridine rings is 1. The van der Waals surface area contributed by atoms with Crippen LogP contribution in [0, 0.1) is 0 Å². The van der Waals surface area contributed by atoms with E-state index in [-0.39, 0.29) is 11.9 Å². The lowest BCUT2D eigenvalue weighted by Crippen LogP contribution is -2.35. The molecule has 0 aliphatic heterocycles. The quantitative estimate of drug-likeness (QED) is 0.830. The molecule has 0 aromatic carbocycles. The molecule has 1 rings (SSSR count). The first-order chi connectivity index (χ1) is 7.49. The molecular formula is C10H12BrN3OS. The summed E-state index contributed by atoms with van der Waals surface area (Å²) < 4.78 is 0.834. The summed E-state index contributed by atoms with van der Waals surface area (Å²) >= 11 is 8.01. The first-order valence-electron chi connectivity index (χ1n) is 4.69. The molecule has 0 radical (unpaired) electrons. The number of carbonyl (C=O) groups is 1. The molecule has 1 unspecified atom stereocenters. The molecule has 1 heterocycles. The van der Waals surface area contributed by atoms with E-state index in [1.165, 1.54) is 0 Å². The standard InChI is InChI=1S/C10H12BrN3OS/c1-6(4-9(12)16)14-10(15)8-3-2-7(11)5-13-8/h2-3,5-6H,4H2,1H3,(H2,12,16)(H,14,15). The Morgan fingerprint density at radius 3 is 2.88 bits per heavy atom. The molecule has 4 nitrogen and oxygen atoms in total. The number of aromatic nitrogens is 1. The van der Waals surface area contributed by atoms with Gasteiger partial charge in [-0.3, -0.25) is 4.79 Å². The van der Waals surface area contributed by atoms with Crippen LogP contribution in [0.15, 0.2) is 22.8 Å². The fraction of sp³-hybridized carbons (Fsp3) is 0.300. The van der Waals surface area contributed by atoms with Crippen LogP contribution in [0.4, 0.5) is 0 Å². The lowest BCUT2D eigenvalue weighted by atomic mass is 10.2. The Kier molecular flexibility index (Phi) is 4.82. The molecule has 3 N–H and O–H groups in total. The van der Waals surface area contributed by atoms with Gasteiger partial charge in [-0.25, -0.2) is 4.98 Å². The average molecular weight is 302 g/mol. The van der Waals surface area contributed by atoms with E-state index in [0.29, 0.717) is 17.1 Å². The largest absolute Gasteiger partial charge is 0.393 e. The van der Waals surface area contributed by atoms with Crippen molar-refractivity contribution in [1.29, 1.82) is 0 Å². The highest BCUT2D eigenvalue weighted by Gasteiger charge is 2.11. The van der Waals surface area contributed by atoms with Crippen molar-refractivity contribution < 1.29 is 4.79 Å². The molecule has 0 bridgehead atoms. The second-order valence-electron chi connectivity index (χ2n) is 3.41. The van der Waals surface area contributed by atoms with E-state index < -0.39 is 0 Å². The zero-order valence-electron chi connectivity index (χ0n) is 8.74. The van der Waals surface area contributed by atoms with E-state index >= 15 is 0 Å². The summed E-state index contributed by atoms with van der Waals surface area (Å²) in [6.45, 7) is 1.84. The van der Waals surface area contributed by atoms with Crippen LogP contribution < -0.4 is 11.1 Å². The highest BCUT2D eigenvalue weighted by Crippen LogP contribution is 2.07. The number of hydrogen-bond acceptors (Lipinski definition) is 3.